The first-order valence-corrected chi connectivity index (χ1v) is 8.80. The number of aliphatic hydroxyl groups excluding tert-OH is 1. The molecule has 0 heterocycles. The number of hydrogen-bond acceptors (Lipinski definition) is 1. The quantitative estimate of drug-likeness (QED) is 0.477. The van der Waals surface area contributed by atoms with Gasteiger partial charge in [-0.3, -0.25) is 0 Å². The lowest BCUT2D eigenvalue weighted by atomic mass is 9.95. The van der Waals surface area contributed by atoms with Crippen molar-refractivity contribution < 1.29 is 5.11 Å². The summed E-state index contributed by atoms with van der Waals surface area (Å²) in [6.07, 6.45) is -0.651. The largest absolute Gasteiger partial charge is 0.384 e. The van der Waals surface area contributed by atoms with Crippen LogP contribution in [-0.2, 0) is 0 Å². The van der Waals surface area contributed by atoms with Gasteiger partial charge in [0.15, 0.2) is 0 Å². The lowest BCUT2D eigenvalue weighted by Crippen LogP contribution is -2.00. The molecule has 1 heteroatoms. The van der Waals surface area contributed by atoms with E-state index in [2.05, 4.69) is 48.5 Å². The second-order valence-corrected chi connectivity index (χ2v) is 6.39. The zero-order valence-electron chi connectivity index (χ0n) is 14.4. The van der Waals surface area contributed by atoms with E-state index in [1.54, 1.807) is 0 Å². The molecular weight excluding hydrogens is 316 g/mol. The van der Waals surface area contributed by atoms with Crippen LogP contribution in [0.3, 0.4) is 0 Å². The van der Waals surface area contributed by atoms with Crippen molar-refractivity contribution in [2.45, 2.75) is 6.10 Å². The molecule has 126 valence electrons. The molecule has 4 rings (SSSR count). The average Bonchev–Trinajstić information content (AvgIpc) is 2.75. The molecule has 0 aromatic heterocycles. The SMILES string of the molecule is OC(c1cccc(-c2ccccc2)c1)c1cccc(-c2ccccc2)c1. The van der Waals surface area contributed by atoms with Crippen molar-refractivity contribution in [2.24, 2.45) is 0 Å². The Morgan fingerprint density at radius 2 is 0.808 bits per heavy atom. The van der Waals surface area contributed by atoms with Gasteiger partial charge < -0.3 is 5.11 Å². The predicted octanol–water partition coefficient (Wildman–Crippen LogP) is 6.10. The standard InChI is InChI=1S/C25H20O/c26-25(23-15-7-13-21(17-23)19-9-3-1-4-10-19)24-16-8-14-22(18-24)20-11-5-2-6-12-20/h1-18,25-26H. The molecule has 0 spiro atoms. The lowest BCUT2D eigenvalue weighted by molar-refractivity contribution is 0.220. The minimum atomic E-state index is -0.651. The molecule has 0 saturated heterocycles. The molecule has 26 heavy (non-hydrogen) atoms. The van der Waals surface area contributed by atoms with Crippen LogP contribution in [0.25, 0.3) is 22.3 Å². The third-order valence-electron chi connectivity index (χ3n) is 4.62. The molecule has 0 bridgehead atoms. The smallest absolute Gasteiger partial charge is 0.104 e. The highest BCUT2D eigenvalue weighted by atomic mass is 16.3. The summed E-state index contributed by atoms with van der Waals surface area (Å²) in [5.41, 5.74) is 6.33. The molecule has 0 atom stereocenters. The predicted molar refractivity (Wildman–Crippen MR) is 108 cm³/mol. The first-order valence-electron chi connectivity index (χ1n) is 8.80. The zero-order valence-corrected chi connectivity index (χ0v) is 14.4. The summed E-state index contributed by atoms with van der Waals surface area (Å²) in [6.45, 7) is 0. The average molecular weight is 336 g/mol. The molecule has 4 aromatic rings. The van der Waals surface area contributed by atoms with Gasteiger partial charge in [-0.15, -0.1) is 0 Å². The van der Waals surface area contributed by atoms with Crippen LogP contribution in [0.15, 0.2) is 109 Å². The van der Waals surface area contributed by atoms with Crippen molar-refractivity contribution in [3.8, 4) is 22.3 Å². The minimum absolute atomic E-state index is 0.651. The molecule has 4 aromatic carbocycles. The van der Waals surface area contributed by atoms with Gasteiger partial charge >= 0.3 is 0 Å². The van der Waals surface area contributed by atoms with Gasteiger partial charge in [-0.1, -0.05) is 97.1 Å². The molecular formula is C25H20O. The maximum atomic E-state index is 10.9. The van der Waals surface area contributed by atoms with E-state index in [1.807, 2.05) is 60.7 Å². The van der Waals surface area contributed by atoms with Gasteiger partial charge in [0.2, 0.25) is 0 Å². The highest BCUT2D eigenvalue weighted by molar-refractivity contribution is 5.66. The molecule has 0 aliphatic heterocycles. The summed E-state index contributed by atoms with van der Waals surface area (Å²) in [6, 6.07) is 36.7. The van der Waals surface area contributed by atoms with Gasteiger partial charge in [0, 0.05) is 0 Å². The Morgan fingerprint density at radius 3 is 1.23 bits per heavy atom. The molecule has 0 unspecified atom stereocenters. The lowest BCUT2D eigenvalue weighted by Gasteiger charge is -2.14. The van der Waals surface area contributed by atoms with Crippen molar-refractivity contribution in [3.63, 3.8) is 0 Å². The normalized spacial score (nSPS) is 10.8. The Balaban J connectivity index is 1.67. The van der Waals surface area contributed by atoms with Gasteiger partial charge in [0.25, 0.3) is 0 Å². The van der Waals surface area contributed by atoms with E-state index in [1.165, 1.54) is 0 Å². The second kappa shape index (κ2) is 7.38. The third kappa shape index (κ3) is 3.44. The van der Waals surface area contributed by atoms with Crippen LogP contribution in [-0.4, -0.2) is 5.11 Å². The number of benzene rings is 4. The summed E-state index contributed by atoms with van der Waals surface area (Å²) in [7, 11) is 0. The fourth-order valence-corrected chi connectivity index (χ4v) is 3.23. The summed E-state index contributed by atoms with van der Waals surface area (Å²) in [4.78, 5) is 0. The zero-order chi connectivity index (χ0) is 17.8. The van der Waals surface area contributed by atoms with Crippen LogP contribution < -0.4 is 0 Å². The van der Waals surface area contributed by atoms with Crippen LogP contribution >= 0.6 is 0 Å². The van der Waals surface area contributed by atoms with Crippen molar-refractivity contribution in [1.82, 2.24) is 0 Å². The van der Waals surface area contributed by atoms with E-state index < -0.39 is 6.10 Å². The number of hydrogen-bond donors (Lipinski definition) is 1. The van der Waals surface area contributed by atoms with Gasteiger partial charge in [-0.05, 0) is 45.5 Å². The van der Waals surface area contributed by atoms with Crippen molar-refractivity contribution in [3.05, 3.63) is 120 Å². The maximum absolute atomic E-state index is 10.9. The molecule has 0 fully saturated rings. The highest BCUT2D eigenvalue weighted by Gasteiger charge is 2.12. The van der Waals surface area contributed by atoms with E-state index >= 15 is 0 Å². The van der Waals surface area contributed by atoms with E-state index in [9.17, 15) is 5.11 Å². The first kappa shape index (κ1) is 16.3. The molecule has 0 aliphatic rings. The van der Waals surface area contributed by atoms with Gasteiger partial charge in [-0.25, -0.2) is 0 Å². The van der Waals surface area contributed by atoms with E-state index in [0.29, 0.717) is 0 Å². The van der Waals surface area contributed by atoms with E-state index in [0.717, 1.165) is 33.4 Å². The topological polar surface area (TPSA) is 20.2 Å². The molecule has 0 amide bonds. The van der Waals surface area contributed by atoms with Crippen LogP contribution in [0, 0.1) is 0 Å². The van der Waals surface area contributed by atoms with Crippen molar-refractivity contribution >= 4 is 0 Å². The van der Waals surface area contributed by atoms with E-state index in [4.69, 9.17) is 0 Å². The van der Waals surface area contributed by atoms with Crippen LogP contribution in [0.1, 0.15) is 17.2 Å². The Kier molecular flexibility index (Phi) is 4.63. The number of rotatable bonds is 4. The maximum Gasteiger partial charge on any atom is 0.104 e. The van der Waals surface area contributed by atoms with Crippen LogP contribution in [0.4, 0.5) is 0 Å². The monoisotopic (exact) mass is 336 g/mol. The molecule has 0 aliphatic carbocycles. The van der Waals surface area contributed by atoms with Crippen molar-refractivity contribution in [2.75, 3.05) is 0 Å². The Labute approximate surface area is 154 Å². The van der Waals surface area contributed by atoms with Gasteiger partial charge in [0.05, 0.1) is 0 Å². The fourth-order valence-electron chi connectivity index (χ4n) is 3.23. The van der Waals surface area contributed by atoms with Gasteiger partial charge in [-0.2, -0.15) is 0 Å². The fraction of sp³-hybridized carbons (Fsp3) is 0.0400. The Hall–Kier alpha value is -3.16. The van der Waals surface area contributed by atoms with Crippen LogP contribution in [0.5, 0.6) is 0 Å². The first-order chi connectivity index (χ1) is 12.8. The molecule has 1 nitrogen and oxygen atoms in total. The Morgan fingerprint density at radius 1 is 0.423 bits per heavy atom. The van der Waals surface area contributed by atoms with E-state index in [-0.39, 0.29) is 0 Å². The second-order valence-electron chi connectivity index (χ2n) is 6.39. The number of aliphatic hydroxyl groups is 1. The molecule has 0 saturated carbocycles. The van der Waals surface area contributed by atoms with Crippen LogP contribution in [0.2, 0.25) is 0 Å². The summed E-state index contributed by atoms with van der Waals surface area (Å²) < 4.78 is 0. The summed E-state index contributed by atoms with van der Waals surface area (Å²) >= 11 is 0. The summed E-state index contributed by atoms with van der Waals surface area (Å²) in [5.74, 6) is 0. The summed E-state index contributed by atoms with van der Waals surface area (Å²) in [5, 5.41) is 10.9. The third-order valence-corrected chi connectivity index (χ3v) is 4.62. The molecule has 1 N–H and O–H groups in total. The Bertz CT molecular complexity index is 908. The highest BCUT2D eigenvalue weighted by Crippen LogP contribution is 2.29. The molecule has 0 radical (unpaired) electrons. The van der Waals surface area contributed by atoms with Gasteiger partial charge in [0.1, 0.15) is 6.10 Å². The minimum Gasteiger partial charge on any atom is -0.384 e. The van der Waals surface area contributed by atoms with Crippen molar-refractivity contribution in [1.29, 1.82) is 0 Å².